The first kappa shape index (κ1) is 12.7. The zero-order valence-corrected chi connectivity index (χ0v) is 10.8. The van der Waals surface area contributed by atoms with Crippen molar-refractivity contribution in [3.63, 3.8) is 0 Å². The number of benzene rings is 2. The van der Waals surface area contributed by atoms with E-state index in [2.05, 4.69) is 0 Å². The molecule has 0 aromatic heterocycles. The van der Waals surface area contributed by atoms with Gasteiger partial charge < -0.3 is 9.84 Å². The zero-order valence-electron chi connectivity index (χ0n) is 10.8. The number of ether oxygens (including phenoxy) is 1. The number of hydrogen-bond acceptors (Lipinski definition) is 2. The van der Waals surface area contributed by atoms with Crippen molar-refractivity contribution in [3.8, 4) is 5.75 Å². The molecular weight excluding hydrogens is 224 g/mol. The molecule has 2 heteroatoms. The van der Waals surface area contributed by atoms with Gasteiger partial charge in [0.1, 0.15) is 5.75 Å². The molecule has 2 nitrogen and oxygen atoms in total. The van der Waals surface area contributed by atoms with Gasteiger partial charge in [-0.15, -0.1) is 0 Å². The second kappa shape index (κ2) is 5.69. The van der Waals surface area contributed by atoms with E-state index in [9.17, 15) is 5.11 Å². The Morgan fingerprint density at radius 1 is 1.11 bits per heavy atom. The van der Waals surface area contributed by atoms with Crippen molar-refractivity contribution >= 4 is 0 Å². The van der Waals surface area contributed by atoms with Crippen LogP contribution in [0.2, 0.25) is 0 Å². The van der Waals surface area contributed by atoms with Crippen molar-refractivity contribution in [2.24, 2.45) is 0 Å². The monoisotopic (exact) mass is 242 g/mol. The van der Waals surface area contributed by atoms with Crippen LogP contribution in [0, 0.1) is 6.92 Å². The van der Waals surface area contributed by atoms with Gasteiger partial charge in [-0.3, -0.25) is 0 Å². The molecule has 0 saturated heterocycles. The normalized spacial score (nSPS) is 12.2. The first-order chi connectivity index (χ1) is 8.70. The number of aliphatic hydroxyl groups is 1. The van der Waals surface area contributed by atoms with Crippen LogP contribution >= 0.6 is 0 Å². The fourth-order valence-corrected chi connectivity index (χ4v) is 2.09. The molecule has 0 radical (unpaired) electrons. The van der Waals surface area contributed by atoms with Crippen LogP contribution in [0.5, 0.6) is 5.75 Å². The summed E-state index contributed by atoms with van der Waals surface area (Å²) < 4.78 is 5.18. The van der Waals surface area contributed by atoms with Crippen molar-refractivity contribution in [2.75, 3.05) is 7.11 Å². The lowest BCUT2D eigenvalue weighted by Gasteiger charge is -2.14. The molecule has 2 rings (SSSR count). The standard InChI is InChI=1S/C16H18O2/c1-12-6-3-4-9-15(12)16(17)11-13-7-5-8-14(10-13)18-2/h3-10,16-17H,11H2,1-2H3. The molecule has 0 aliphatic carbocycles. The lowest BCUT2D eigenvalue weighted by atomic mass is 9.98. The highest BCUT2D eigenvalue weighted by molar-refractivity contribution is 5.32. The highest BCUT2D eigenvalue weighted by Crippen LogP contribution is 2.23. The summed E-state index contributed by atoms with van der Waals surface area (Å²) in [6.07, 6.45) is 0.125. The number of aliphatic hydroxyl groups excluding tert-OH is 1. The summed E-state index contributed by atoms with van der Waals surface area (Å²) in [6, 6.07) is 15.7. The second-order valence-electron chi connectivity index (χ2n) is 4.43. The lowest BCUT2D eigenvalue weighted by molar-refractivity contribution is 0.177. The van der Waals surface area contributed by atoms with E-state index in [1.54, 1.807) is 7.11 Å². The van der Waals surface area contributed by atoms with E-state index in [1.807, 2.05) is 55.5 Å². The van der Waals surface area contributed by atoms with Gasteiger partial charge in [-0.05, 0) is 35.7 Å². The summed E-state index contributed by atoms with van der Waals surface area (Å²) in [6.45, 7) is 2.02. The summed E-state index contributed by atoms with van der Waals surface area (Å²) >= 11 is 0. The highest BCUT2D eigenvalue weighted by atomic mass is 16.5. The Labute approximate surface area is 108 Å². The van der Waals surface area contributed by atoms with Gasteiger partial charge >= 0.3 is 0 Å². The Balaban J connectivity index is 2.16. The Morgan fingerprint density at radius 3 is 2.61 bits per heavy atom. The fourth-order valence-electron chi connectivity index (χ4n) is 2.09. The third-order valence-electron chi connectivity index (χ3n) is 3.11. The second-order valence-corrected chi connectivity index (χ2v) is 4.43. The van der Waals surface area contributed by atoms with Crippen molar-refractivity contribution < 1.29 is 9.84 Å². The van der Waals surface area contributed by atoms with E-state index in [1.165, 1.54) is 0 Å². The zero-order chi connectivity index (χ0) is 13.0. The van der Waals surface area contributed by atoms with Crippen LogP contribution in [-0.4, -0.2) is 12.2 Å². The minimum atomic E-state index is -0.474. The van der Waals surface area contributed by atoms with Gasteiger partial charge in [-0.2, -0.15) is 0 Å². The number of methoxy groups -OCH3 is 1. The van der Waals surface area contributed by atoms with Crippen molar-refractivity contribution in [2.45, 2.75) is 19.4 Å². The molecule has 94 valence electrons. The molecule has 2 aromatic rings. The first-order valence-electron chi connectivity index (χ1n) is 6.07. The number of rotatable bonds is 4. The summed E-state index contributed by atoms with van der Waals surface area (Å²) in [7, 11) is 1.65. The van der Waals surface area contributed by atoms with E-state index >= 15 is 0 Å². The largest absolute Gasteiger partial charge is 0.497 e. The summed E-state index contributed by atoms with van der Waals surface area (Å²) in [5.74, 6) is 0.824. The Kier molecular flexibility index (Phi) is 4.00. The van der Waals surface area contributed by atoms with E-state index in [0.717, 1.165) is 22.4 Å². The average Bonchev–Trinajstić information content (AvgIpc) is 2.39. The van der Waals surface area contributed by atoms with Crippen LogP contribution in [0.25, 0.3) is 0 Å². The first-order valence-corrected chi connectivity index (χ1v) is 6.07. The molecule has 1 unspecified atom stereocenters. The lowest BCUT2D eigenvalue weighted by Crippen LogP contribution is -2.03. The van der Waals surface area contributed by atoms with Crippen molar-refractivity contribution in [3.05, 3.63) is 65.2 Å². The Bertz CT molecular complexity index is 520. The van der Waals surface area contributed by atoms with Crippen LogP contribution in [0.4, 0.5) is 0 Å². The third-order valence-corrected chi connectivity index (χ3v) is 3.11. The third kappa shape index (κ3) is 2.90. The van der Waals surface area contributed by atoms with Gasteiger partial charge in [0.15, 0.2) is 0 Å². The van der Waals surface area contributed by atoms with E-state index < -0.39 is 6.10 Å². The molecule has 0 saturated carbocycles. The average molecular weight is 242 g/mol. The van der Waals surface area contributed by atoms with Gasteiger partial charge in [-0.1, -0.05) is 36.4 Å². The quantitative estimate of drug-likeness (QED) is 0.891. The molecule has 0 aliphatic heterocycles. The molecule has 0 spiro atoms. The molecule has 0 heterocycles. The van der Waals surface area contributed by atoms with Gasteiger partial charge in [0.2, 0.25) is 0 Å². The smallest absolute Gasteiger partial charge is 0.119 e. The van der Waals surface area contributed by atoms with Crippen LogP contribution in [0.3, 0.4) is 0 Å². The van der Waals surface area contributed by atoms with E-state index in [4.69, 9.17) is 4.74 Å². The van der Waals surface area contributed by atoms with Crippen molar-refractivity contribution in [1.29, 1.82) is 0 Å². The van der Waals surface area contributed by atoms with Gasteiger partial charge in [-0.25, -0.2) is 0 Å². The number of hydrogen-bond donors (Lipinski definition) is 1. The predicted molar refractivity (Wildman–Crippen MR) is 72.8 cm³/mol. The molecular formula is C16H18O2. The SMILES string of the molecule is COc1cccc(CC(O)c2ccccc2C)c1. The fraction of sp³-hybridized carbons (Fsp3) is 0.250. The number of aryl methyl sites for hydroxylation is 1. The molecule has 1 N–H and O–H groups in total. The van der Waals surface area contributed by atoms with Gasteiger partial charge in [0.05, 0.1) is 13.2 Å². The topological polar surface area (TPSA) is 29.5 Å². The summed E-state index contributed by atoms with van der Waals surface area (Å²) in [5, 5.41) is 10.3. The van der Waals surface area contributed by atoms with Crippen LogP contribution in [0.1, 0.15) is 22.8 Å². The maximum absolute atomic E-state index is 10.3. The highest BCUT2D eigenvalue weighted by Gasteiger charge is 2.10. The van der Waals surface area contributed by atoms with Crippen LogP contribution in [-0.2, 0) is 6.42 Å². The van der Waals surface area contributed by atoms with Crippen LogP contribution < -0.4 is 4.74 Å². The molecule has 0 fully saturated rings. The predicted octanol–water partition coefficient (Wildman–Crippen LogP) is 3.28. The van der Waals surface area contributed by atoms with Crippen LogP contribution in [0.15, 0.2) is 48.5 Å². The molecule has 0 amide bonds. The molecule has 0 bridgehead atoms. The van der Waals surface area contributed by atoms with Gasteiger partial charge in [0.25, 0.3) is 0 Å². The van der Waals surface area contributed by atoms with E-state index in [-0.39, 0.29) is 0 Å². The maximum atomic E-state index is 10.3. The maximum Gasteiger partial charge on any atom is 0.119 e. The Hall–Kier alpha value is -1.80. The van der Waals surface area contributed by atoms with Crippen molar-refractivity contribution in [1.82, 2.24) is 0 Å². The molecule has 18 heavy (non-hydrogen) atoms. The Morgan fingerprint density at radius 2 is 1.89 bits per heavy atom. The van der Waals surface area contributed by atoms with E-state index in [0.29, 0.717) is 6.42 Å². The summed E-state index contributed by atoms with van der Waals surface area (Å²) in [4.78, 5) is 0. The van der Waals surface area contributed by atoms with Gasteiger partial charge in [0, 0.05) is 6.42 Å². The molecule has 2 aromatic carbocycles. The molecule has 0 aliphatic rings. The summed E-state index contributed by atoms with van der Waals surface area (Å²) in [5.41, 5.74) is 3.18. The minimum absolute atomic E-state index is 0.474. The molecule has 1 atom stereocenters. The minimum Gasteiger partial charge on any atom is -0.497 e.